The highest BCUT2D eigenvalue weighted by Gasteiger charge is 2.22. The molecule has 1 N–H and O–H groups in total. The second-order valence-corrected chi connectivity index (χ2v) is 6.96. The molecule has 3 nitrogen and oxygen atoms in total. The van der Waals surface area contributed by atoms with Crippen molar-refractivity contribution in [3.63, 3.8) is 0 Å². The summed E-state index contributed by atoms with van der Waals surface area (Å²) in [6, 6.07) is 4.16. The summed E-state index contributed by atoms with van der Waals surface area (Å²) < 4.78 is 11.6. The van der Waals surface area contributed by atoms with Crippen molar-refractivity contribution in [2.24, 2.45) is 5.92 Å². The minimum atomic E-state index is 0.291. The van der Waals surface area contributed by atoms with E-state index < -0.39 is 0 Å². The number of nitrogens with one attached hydrogen (secondary N) is 1. The lowest BCUT2D eigenvalue weighted by atomic mass is 9.92. The number of piperidine rings is 1. The van der Waals surface area contributed by atoms with Crippen molar-refractivity contribution in [3.05, 3.63) is 22.7 Å². The Morgan fingerprint density at radius 1 is 1.18 bits per heavy atom. The van der Waals surface area contributed by atoms with Crippen molar-refractivity contribution in [2.45, 2.75) is 51.0 Å². The Labute approximate surface area is 138 Å². The first-order valence-corrected chi connectivity index (χ1v) is 8.88. The van der Waals surface area contributed by atoms with Gasteiger partial charge in [-0.15, -0.1) is 0 Å². The van der Waals surface area contributed by atoms with E-state index in [0.29, 0.717) is 17.0 Å². The fraction of sp³-hybridized carbons (Fsp3) is 0.667. The van der Waals surface area contributed by atoms with Gasteiger partial charge in [0.2, 0.25) is 0 Å². The van der Waals surface area contributed by atoms with Gasteiger partial charge >= 0.3 is 0 Å². The van der Waals surface area contributed by atoms with E-state index in [0.717, 1.165) is 43.9 Å². The first kappa shape index (κ1) is 15.9. The maximum Gasteiger partial charge on any atom is 0.180 e. The van der Waals surface area contributed by atoms with Gasteiger partial charge in [0.15, 0.2) is 11.5 Å². The summed E-state index contributed by atoms with van der Waals surface area (Å²) in [7, 11) is 1.69. The van der Waals surface area contributed by atoms with Crippen molar-refractivity contribution in [2.75, 3.05) is 20.2 Å². The third-order valence-corrected chi connectivity index (χ3v) is 5.08. The summed E-state index contributed by atoms with van der Waals surface area (Å²) in [5, 5.41) is 4.15. The van der Waals surface area contributed by atoms with Gasteiger partial charge in [-0.25, -0.2) is 0 Å². The third-order valence-electron chi connectivity index (χ3n) is 4.80. The number of methoxy groups -OCH3 is 1. The van der Waals surface area contributed by atoms with E-state index in [9.17, 15) is 0 Å². The fourth-order valence-corrected chi connectivity index (χ4v) is 3.89. The van der Waals surface area contributed by atoms with Crippen LogP contribution in [0.15, 0.2) is 12.1 Å². The molecule has 0 amide bonds. The SMILES string of the molecule is COc1cc(CC2CCCNC2)cc(Cl)c1OC1CCCC1. The van der Waals surface area contributed by atoms with Crippen LogP contribution in [0.1, 0.15) is 44.1 Å². The van der Waals surface area contributed by atoms with Crippen LogP contribution in [-0.4, -0.2) is 26.3 Å². The van der Waals surface area contributed by atoms with E-state index in [1.165, 1.54) is 31.2 Å². The molecule has 1 saturated heterocycles. The first-order valence-electron chi connectivity index (χ1n) is 8.50. The lowest BCUT2D eigenvalue weighted by molar-refractivity contribution is 0.201. The smallest absolute Gasteiger partial charge is 0.180 e. The summed E-state index contributed by atoms with van der Waals surface area (Å²) >= 11 is 6.49. The Balaban J connectivity index is 1.73. The van der Waals surface area contributed by atoms with E-state index in [4.69, 9.17) is 21.1 Å². The summed E-state index contributed by atoms with van der Waals surface area (Å²) in [6.45, 7) is 2.25. The monoisotopic (exact) mass is 323 g/mol. The highest BCUT2D eigenvalue weighted by Crippen LogP contribution is 2.39. The zero-order valence-electron chi connectivity index (χ0n) is 13.4. The summed E-state index contributed by atoms with van der Waals surface area (Å²) in [5.74, 6) is 2.19. The molecule has 1 saturated carbocycles. The highest BCUT2D eigenvalue weighted by molar-refractivity contribution is 6.32. The van der Waals surface area contributed by atoms with Crippen LogP contribution in [0.25, 0.3) is 0 Å². The molecule has 1 atom stereocenters. The minimum Gasteiger partial charge on any atom is -0.493 e. The standard InChI is InChI=1S/C18H26ClNO2/c1-21-17-11-14(9-13-5-4-8-20-12-13)10-16(19)18(17)22-15-6-2-3-7-15/h10-11,13,15,20H,2-9,12H2,1H3. The van der Waals surface area contributed by atoms with Crippen LogP contribution < -0.4 is 14.8 Å². The topological polar surface area (TPSA) is 30.5 Å². The van der Waals surface area contributed by atoms with E-state index >= 15 is 0 Å². The van der Waals surface area contributed by atoms with E-state index in [2.05, 4.69) is 17.4 Å². The maximum absolute atomic E-state index is 6.49. The summed E-state index contributed by atoms with van der Waals surface area (Å²) in [6.07, 6.45) is 8.62. The number of rotatable bonds is 5. The molecule has 0 spiro atoms. The van der Waals surface area contributed by atoms with E-state index in [-0.39, 0.29) is 0 Å². The van der Waals surface area contributed by atoms with Crippen molar-refractivity contribution < 1.29 is 9.47 Å². The third kappa shape index (κ3) is 3.88. The van der Waals surface area contributed by atoms with Gasteiger partial charge in [0, 0.05) is 0 Å². The lowest BCUT2D eigenvalue weighted by Gasteiger charge is -2.23. The molecule has 122 valence electrons. The van der Waals surface area contributed by atoms with Gasteiger partial charge in [-0.05, 0) is 81.6 Å². The zero-order chi connectivity index (χ0) is 15.4. The van der Waals surface area contributed by atoms with Gasteiger partial charge in [0.25, 0.3) is 0 Å². The predicted octanol–water partition coefficient (Wildman–Crippen LogP) is 4.21. The van der Waals surface area contributed by atoms with Crippen LogP contribution in [0.4, 0.5) is 0 Å². The summed E-state index contributed by atoms with van der Waals surface area (Å²) in [5.41, 5.74) is 1.24. The van der Waals surface area contributed by atoms with Gasteiger partial charge in [0.05, 0.1) is 18.2 Å². The Bertz CT molecular complexity index is 494. The fourth-order valence-electron chi connectivity index (χ4n) is 3.61. The average molecular weight is 324 g/mol. The number of ether oxygens (including phenoxy) is 2. The molecule has 0 radical (unpaired) electrons. The Morgan fingerprint density at radius 2 is 2.00 bits per heavy atom. The zero-order valence-corrected chi connectivity index (χ0v) is 14.1. The van der Waals surface area contributed by atoms with E-state index in [1.807, 2.05) is 0 Å². The molecular weight excluding hydrogens is 298 g/mol. The molecule has 3 rings (SSSR count). The predicted molar refractivity (Wildman–Crippen MR) is 90.2 cm³/mol. The van der Waals surface area contributed by atoms with Crippen LogP contribution >= 0.6 is 11.6 Å². The number of hydrogen-bond acceptors (Lipinski definition) is 3. The lowest BCUT2D eigenvalue weighted by Crippen LogP contribution is -2.30. The van der Waals surface area contributed by atoms with Crippen LogP contribution in [0.3, 0.4) is 0 Å². The molecule has 1 aromatic rings. The molecule has 22 heavy (non-hydrogen) atoms. The maximum atomic E-state index is 6.49. The molecule has 2 aliphatic rings. The number of benzene rings is 1. The molecule has 1 unspecified atom stereocenters. The van der Waals surface area contributed by atoms with Gasteiger partial charge < -0.3 is 14.8 Å². The molecule has 1 heterocycles. The molecule has 4 heteroatoms. The number of halogens is 1. The van der Waals surface area contributed by atoms with E-state index in [1.54, 1.807) is 7.11 Å². The Morgan fingerprint density at radius 3 is 2.68 bits per heavy atom. The minimum absolute atomic E-state index is 0.291. The molecule has 1 aromatic carbocycles. The van der Waals surface area contributed by atoms with Crippen molar-refractivity contribution in [3.8, 4) is 11.5 Å². The number of hydrogen-bond donors (Lipinski definition) is 1. The second-order valence-electron chi connectivity index (χ2n) is 6.55. The first-order chi connectivity index (χ1) is 10.8. The van der Waals surface area contributed by atoms with Crippen LogP contribution in [0, 0.1) is 5.92 Å². The van der Waals surface area contributed by atoms with Gasteiger partial charge in [-0.3, -0.25) is 0 Å². The van der Waals surface area contributed by atoms with Crippen LogP contribution in [0.5, 0.6) is 11.5 Å². The van der Waals surface area contributed by atoms with Crippen molar-refractivity contribution in [1.82, 2.24) is 5.32 Å². The molecule has 2 fully saturated rings. The summed E-state index contributed by atoms with van der Waals surface area (Å²) in [4.78, 5) is 0. The molecule has 0 bridgehead atoms. The second kappa shape index (κ2) is 7.56. The molecule has 1 aliphatic heterocycles. The van der Waals surface area contributed by atoms with Crippen molar-refractivity contribution in [1.29, 1.82) is 0 Å². The Hall–Kier alpha value is -0.930. The van der Waals surface area contributed by atoms with Gasteiger partial charge in [-0.2, -0.15) is 0 Å². The van der Waals surface area contributed by atoms with Gasteiger partial charge in [-0.1, -0.05) is 11.6 Å². The average Bonchev–Trinajstić information content (AvgIpc) is 3.04. The molecular formula is C18H26ClNO2. The largest absolute Gasteiger partial charge is 0.493 e. The quantitative estimate of drug-likeness (QED) is 0.880. The van der Waals surface area contributed by atoms with Crippen molar-refractivity contribution >= 4 is 11.6 Å². The molecule has 0 aromatic heterocycles. The van der Waals surface area contributed by atoms with Gasteiger partial charge in [0.1, 0.15) is 0 Å². The Kier molecular flexibility index (Phi) is 5.48. The van der Waals surface area contributed by atoms with Crippen LogP contribution in [-0.2, 0) is 6.42 Å². The normalized spacial score (nSPS) is 22.7. The highest BCUT2D eigenvalue weighted by atomic mass is 35.5. The molecule has 1 aliphatic carbocycles. The van der Waals surface area contributed by atoms with Crippen LogP contribution in [0.2, 0.25) is 5.02 Å².